The number of alkyl halides is 3. The molecule has 2 aromatic heterocycles. The van der Waals surface area contributed by atoms with E-state index in [2.05, 4.69) is 30.9 Å². The van der Waals surface area contributed by atoms with E-state index in [1.54, 1.807) is 36.7 Å². The molecule has 0 radical (unpaired) electrons. The predicted octanol–water partition coefficient (Wildman–Crippen LogP) is 4.11. The molecule has 0 aliphatic rings. The standard InChI is InChI=1S/C20H14F3N7O/c21-20(22,23)13-5-1-3-11(9-13)16-14(12-4-2-8-25-10-12)6-7-15(26-19(24)31)17(16)18-27-29-30-28-18/h1-10H,(H3,24,26,31)(H,27,28,29,30). The van der Waals surface area contributed by atoms with Gasteiger partial charge in [-0.1, -0.05) is 24.3 Å². The second-order valence-corrected chi connectivity index (χ2v) is 6.47. The average molecular weight is 425 g/mol. The summed E-state index contributed by atoms with van der Waals surface area (Å²) in [6, 6.07) is 10.7. The lowest BCUT2D eigenvalue weighted by molar-refractivity contribution is -0.137. The average Bonchev–Trinajstić information content (AvgIpc) is 3.27. The number of nitrogens with zero attached hydrogens (tertiary/aromatic N) is 4. The number of hydrogen-bond donors (Lipinski definition) is 3. The molecule has 0 unspecified atom stereocenters. The van der Waals surface area contributed by atoms with Gasteiger partial charge in [-0.05, 0) is 45.8 Å². The molecule has 31 heavy (non-hydrogen) atoms. The van der Waals surface area contributed by atoms with Crippen molar-refractivity contribution < 1.29 is 18.0 Å². The number of aromatic nitrogens is 5. The fourth-order valence-electron chi connectivity index (χ4n) is 3.26. The Balaban J connectivity index is 2.08. The summed E-state index contributed by atoms with van der Waals surface area (Å²) in [6.07, 6.45) is -1.38. The number of primary amides is 1. The molecule has 2 amide bonds. The molecular formula is C20H14F3N7O. The minimum Gasteiger partial charge on any atom is -0.351 e. The summed E-state index contributed by atoms with van der Waals surface area (Å²) in [5.74, 6) is 0.141. The zero-order valence-corrected chi connectivity index (χ0v) is 15.7. The number of halogens is 3. The second-order valence-electron chi connectivity index (χ2n) is 6.47. The highest BCUT2D eigenvalue weighted by atomic mass is 19.4. The molecule has 11 heteroatoms. The van der Waals surface area contributed by atoms with Crippen LogP contribution in [0.4, 0.5) is 23.7 Å². The van der Waals surface area contributed by atoms with Crippen LogP contribution in [0.5, 0.6) is 0 Å². The number of pyridine rings is 1. The van der Waals surface area contributed by atoms with Gasteiger partial charge in [0.2, 0.25) is 0 Å². The van der Waals surface area contributed by atoms with Gasteiger partial charge in [-0.15, -0.1) is 5.10 Å². The lowest BCUT2D eigenvalue weighted by Gasteiger charge is -2.19. The molecule has 0 fully saturated rings. The maximum Gasteiger partial charge on any atom is 0.416 e. The number of carbonyl (C=O) groups is 1. The van der Waals surface area contributed by atoms with Crippen molar-refractivity contribution >= 4 is 11.7 Å². The van der Waals surface area contributed by atoms with Crippen LogP contribution in [-0.4, -0.2) is 31.6 Å². The minimum absolute atomic E-state index is 0.141. The minimum atomic E-state index is -4.54. The molecule has 2 aromatic carbocycles. The van der Waals surface area contributed by atoms with E-state index in [1.165, 1.54) is 12.1 Å². The molecular weight excluding hydrogens is 411 g/mol. The van der Waals surface area contributed by atoms with Crippen LogP contribution in [0.3, 0.4) is 0 Å². The zero-order valence-electron chi connectivity index (χ0n) is 15.7. The summed E-state index contributed by atoms with van der Waals surface area (Å²) in [6.45, 7) is 0. The quantitative estimate of drug-likeness (QED) is 0.454. The van der Waals surface area contributed by atoms with Gasteiger partial charge in [-0.25, -0.2) is 9.89 Å². The number of rotatable bonds is 4. The molecule has 0 aliphatic carbocycles. The van der Waals surface area contributed by atoms with E-state index in [4.69, 9.17) is 5.73 Å². The first-order chi connectivity index (χ1) is 14.8. The van der Waals surface area contributed by atoms with E-state index in [9.17, 15) is 18.0 Å². The monoisotopic (exact) mass is 425 g/mol. The molecule has 156 valence electrons. The van der Waals surface area contributed by atoms with Gasteiger partial charge in [0.15, 0.2) is 5.82 Å². The number of benzene rings is 2. The number of anilines is 1. The molecule has 2 heterocycles. The van der Waals surface area contributed by atoms with E-state index >= 15 is 0 Å². The van der Waals surface area contributed by atoms with Crippen molar-refractivity contribution in [2.24, 2.45) is 5.73 Å². The third kappa shape index (κ3) is 4.06. The largest absolute Gasteiger partial charge is 0.416 e. The summed E-state index contributed by atoms with van der Waals surface area (Å²) in [4.78, 5) is 15.7. The Kier molecular flexibility index (Phi) is 5.07. The SMILES string of the molecule is NC(=O)Nc1ccc(-c2cccnc2)c(-c2cccc(C(F)(F)F)c2)c1-c1nnn[nH]1. The van der Waals surface area contributed by atoms with Crippen LogP contribution in [0.25, 0.3) is 33.6 Å². The first-order valence-corrected chi connectivity index (χ1v) is 8.90. The Morgan fingerprint density at radius 3 is 2.48 bits per heavy atom. The number of aromatic amines is 1. The maximum atomic E-state index is 13.4. The molecule has 8 nitrogen and oxygen atoms in total. The smallest absolute Gasteiger partial charge is 0.351 e. The van der Waals surface area contributed by atoms with Crippen molar-refractivity contribution in [2.45, 2.75) is 6.18 Å². The number of carbonyl (C=O) groups excluding carboxylic acids is 1. The molecule has 0 saturated heterocycles. The molecule has 0 spiro atoms. The topological polar surface area (TPSA) is 122 Å². The van der Waals surface area contributed by atoms with Crippen LogP contribution >= 0.6 is 0 Å². The third-order valence-corrected chi connectivity index (χ3v) is 4.50. The third-order valence-electron chi connectivity index (χ3n) is 4.50. The van der Waals surface area contributed by atoms with Crippen LogP contribution in [0.15, 0.2) is 60.9 Å². The van der Waals surface area contributed by atoms with E-state index in [1.807, 2.05) is 0 Å². The lowest BCUT2D eigenvalue weighted by atomic mass is 9.89. The molecule has 4 rings (SSSR count). The van der Waals surface area contributed by atoms with Gasteiger partial charge < -0.3 is 11.1 Å². The first-order valence-electron chi connectivity index (χ1n) is 8.90. The van der Waals surface area contributed by atoms with Crippen molar-refractivity contribution in [1.29, 1.82) is 0 Å². The summed E-state index contributed by atoms with van der Waals surface area (Å²) >= 11 is 0. The van der Waals surface area contributed by atoms with Crippen molar-refractivity contribution in [3.05, 3.63) is 66.5 Å². The number of tetrazole rings is 1. The van der Waals surface area contributed by atoms with Crippen LogP contribution in [0.1, 0.15) is 5.56 Å². The summed E-state index contributed by atoms with van der Waals surface area (Å²) < 4.78 is 40.2. The van der Waals surface area contributed by atoms with Crippen molar-refractivity contribution in [1.82, 2.24) is 25.6 Å². The number of amides is 2. The number of nitrogens with one attached hydrogen (secondary N) is 2. The van der Waals surface area contributed by atoms with Crippen LogP contribution in [0, 0.1) is 0 Å². The van der Waals surface area contributed by atoms with Crippen molar-refractivity contribution in [3.63, 3.8) is 0 Å². The number of urea groups is 1. The maximum absolute atomic E-state index is 13.4. The normalized spacial score (nSPS) is 11.3. The Morgan fingerprint density at radius 2 is 1.84 bits per heavy atom. The van der Waals surface area contributed by atoms with Gasteiger partial charge in [0.25, 0.3) is 0 Å². The first kappa shape index (κ1) is 20.0. The van der Waals surface area contributed by atoms with Crippen LogP contribution < -0.4 is 11.1 Å². The fraction of sp³-hybridized carbons (Fsp3) is 0.0500. The number of H-pyrrole nitrogens is 1. The van der Waals surface area contributed by atoms with E-state index < -0.39 is 17.8 Å². The second kappa shape index (κ2) is 7.86. The fourth-order valence-corrected chi connectivity index (χ4v) is 3.26. The predicted molar refractivity (Wildman–Crippen MR) is 106 cm³/mol. The molecule has 4 aromatic rings. The summed E-state index contributed by atoms with van der Waals surface area (Å²) in [5.41, 5.74) is 6.80. The van der Waals surface area contributed by atoms with Crippen LogP contribution in [0.2, 0.25) is 0 Å². The molecule has 0 atom stereocenters. The van der Waals surface area contributed by atoms with Crippen LogP contribution in [-0.2, 0) is 6.18 Å². The van der Waals surface area contributed by atoms with Gasteiger partial charge in [-0.3, -0.25) is 4.98 Å². The lowest BCUT2D eigenvalue weighted by Crippen LogP contribution is -2.20. The molecule has 0 aliphatic heterocycles. The number of hydrogen-bond acceptors (Lipinski definition) is 5. The highest BCUT2D eigenvalue weighted by molar-refractivity contribution is 6.02. The van der Waals surface area contributed by atoms with E-state index in [0.29, 0.717) is 16.7 Å². The Hall–Kier alpha value is -4.28. The van der Waals surface area contributed by atoms with Crippen molar-refractivity contribution in [3.8, 4) is 33.6 Å². The van der Waals surface area contributed by atoms with Gasteiger partial charge in [-0.2, -0.15) is 13.2 Å². The Labute approximate surface area is 173 Å². The Bertz CT molecular complexity index is 1230. The molecule has 0 bridgehead atoms. The highest BCUT2D eigenvalue weighted by Gasteiger charge is 2.31. The Morgan fingerprint density at radius 1 is 1.03 bits per heavy atom. The molecule has 4 N–H and O–H groups in total. The van der Waals surface area contributed by atoms with Gasteiger partial charge in [0.1, 0.15) is 0 Å². The summed E-state index contributed by atoms with van der Waals surface area (Å²) in [7, 11) is 0. The summed E-state index contributed by atoms with van der Waals surface area (Å²) in [5, 5.41) is 16.1. The highest BCUT2D eigenvalue weighted by Crippen LogP contribution is 2.44. The molecule has 0 saturated carbocycles. The van der Waals surface area contributed by atoms with Crippen molar-refractivity contribution in [2.75, 3.05) is 5.32 Å². The van der Waals surface area contributed by atoms with E-state index in [-0.39, 0.29) is 22.6 Å². The van der Waals surface area contributed by atoms with E-state index in [0.717, 1.165) is 12.1 Å². The van der Waals surface area contributed by atoms with Gasteiger partial charge in [0.05, 0.1) is 16.8 Å². The zero-order chi connectivity index (χ0) is 22.0. The van der Waals surface area contributed by atoms with Gasteiger partial charge >= 0.3 is 12.2 Å². The number of nitrogens with two attached hydrogens (primary N) is 1. The van der Waals surface area contributed by atoms with Gasteiger partial charge in [0, 0.05) is 23.5 Å².